The number of halogens is 1. The van der Waals surface area contributed by atoms with Crippen LogP contribution in [0.1, 0.15) is 12.8 Å². The first-order valence-corrected chi connectivity index (χ1v) is 11.5. The summed E-state index contributed by atoms with van der Waals surface area (Å²) in [6, 6.07) is 6.98. The molecule has 0 saturated carbocycles. The summed E-state index contributed by atoms with van der Waals surface area (Å²) in [4.78, 5) is 46.8. The molecule has 1 aliphatic rings. The number of ether oxygens (including phenoxy) is 1. The van der Waals surface area contributed by atoms with Crippen LogP contribution in [0.3, 0.4) is 0 Å². The van der Waals surface area contributed by atoms with Gasteiger partial charge in [0.25, 0.3) is 5.56 Å². The molecule has 0 spiro atoms. The lowest BCUT2D eigenvalue weighted by atomic mass is 10.2. The van der Waals surface area contributed by atoms with Crippen LogP contribution < -0.4 is 16.6 Å². The second kappa shape index (κ2) is 9.43. The molecule has 3 heterocycles. The predicted octanol–water partition coefficient (Wildman–Crippen LogP) is 1.73. The van der Waals surface area contributed by atoms with Gasteiger partial charge in [-0.1, -0.05) is 35.5 Å². The highest BCUT2D eigenvalue weighted by Gasteiger charge is 2.20. The van der Waals surface area contributed by atoms with Crippen molar-refractivity contribution in [3.05, 3.63) is 50.1 Å². The Labute approximate surface area is 192 Å². The maximum Gasteiger partial charge on any atom is 0.332 e. The van der Waals surface area contributed by atoms with Gasteiger partial charge in [-0.3, -0.25) is 18.7 Å². The van der Waals surface area contributed by atoms with Gasteiger partial charge in [0, 0.05) is 37.8 Å². The van der Waals surface area contributed by atoms with Crippen molar-refractivity contribution >= 4 is 40.3 Å². The Morgan fingerprint density at radius 1 is 1.28 bits per heavy atom. The number of thioether (sulfide) groups is 1. The van der Waals surface area contributed by atoms with Gasteiger partial charge < -0.3 is 10.1 Å². The minimum Gasteiger partial charge on any atom is -0.376 e. The third-order valence-corrected chi connectivity index (χ3v) is 6.45. The minimum atomic E-state index is -0.511. The Hall–Kier alpha value is -2.69. The largest absolute Gasteiger partial charge is 0.376 e. The summed E-state index contributed by atoms with van der Waals surface area (Å²) in [5.41, 5.74) is -0.172. The first kappa shape index (κ1) is 22.5. The number of carbonyl (C=O) groups excluding carboxylic acids is 1. The number of hydrogen-bond acceptors (Lipinski definition) is 7. The van der Waals surface area contributed by atoms with Crippen molar-refractivity contribution in [2.45, 2.75) is 24.0 Å². The second-order valence-corrected chi connectivity index (χ2v) is 8.90. The van der Waals surface area contributed by atoms with Crippen LogP contribution in [0.4, 0.5) is 0 Å². The minimum absolute atomic E-state index is 0.0417. The fourth-order valence-electron chi connectivity index (χ4n) is 3.51. The molecule has 0 unspecified atom stereocenters. The zero-order chi connectivity index (χ0) is 22.8. The molecule has 0 radical (unpaired) electrons. The molecule has 1 saturated heterocycles. The summed E-state index contributed by atoms with van der Waals surface area (Å²) in [6.07, 6.45) is 1.97. The van der Waals surface area contributed by atoms with Gasteiger partial charge >= 0.3 is 5.69 Å². The van der Waals surface area contributed by atoms with Gasteiger partial charge in [0.05, 0.1) is 11.9 Å². The van der Waals surface area contributed by atoms with Crippen LogP contribution in [0.5, 0.6) is 0 Å². The third kappa shape index (κ3) is 4.57. The number of fused-ring (bicyclic) bond motifs is 1. The molecule has 1 N–H and O–H groups in total. The predicted molar refractivity (Wildman–Crippen MR) is 123 cm³/mol. The Bertz CT molecular complexity index is 1300. The van der Waals surface area contributed by atoms with E-state index in [0.29, 0.717) is 28.0 Å². The average Bonchev–Trinajstić information content (AvgIpc) is 3.31. The van der Waals surface area contributed by atoms with Crippen LogP contribution in [-0.4, -0.2) is 50.0 Å². The van der Waals surface area contributed by atoms with E-state index in [9.17, 15) is 14.4 Å². The average molecular weight is 476 g/mol. The number of hydrogen-bond donors (Lipinski definition) is 1. The Morgan fingerprint density at radius 2 is 2.09 bits per heavy atom. The van der Waals surface area contributed by atoms with Crippen LogP contribution in [-0.2, 0) is 23.6 Å². The molecule has 1 amide bonds. The van der Waals surface area contributed by atoms with Crippen molar-refractivity contribution in [2.75, 3.05) is 18.9 Å². The van der Waals surface area contributed by atoms with E-state index in [4.69, 9.17) is 16.3 Å². The van der Waals surface area contributed by atoms with E-state index in [1.165, 1.54) is 11.6 Å². The van der Waals surface area contributed by atoms with Gasteiger partial charge in [0.1, 0.15) is 10.4 Å². The third-order valence-electron chi connectivity index (χ3n) is 5.24. The number of carbonyl (C=O) groups is 1. The smallest absolute Gasteiger partial charge is 0.332 e. The number of benzene rings is 1. The number of amides is 1. The topological polar surface area (TPSA) is 108 Å². The molecule has 0 aliphatic carbocycles. The lowest BCUT2D eigenvalue weighted by Crippen LogP contribution is -2.38. The first-order chi connectivity index (χ1) is 15.3. The number of nitrogens with zero attached hydrogens (tertiary/aromatic N) is 4. The number of rotatable bonds is 6. The van der Waals surface area contributed by atoms with Gasteiger partial charge in [0.15, 0.2) is 11.5 Å². The monoisotopic (exact) mass is 475 g/mol. The summed E-state index contributed by atoms with van der Waals surface area (Å²) in [5, 5.41) is 3.88. The van der Waals surface area contributed by atoms with Crippen LogP contribution in [0, 0.1) is 0 Å². The van der Waals surface area contributed by atoms with E-state index < -0.39 is 11.2 Å². The number of aromatic nitrogens is 4. The SMILES string of the molecule is Cn1c(=O)c2c(SCC(=O)NC[C@@H]3CCCO3)nc(-c3cccc(Cl)c3)nc2n(C)c1=O. The number of aryl methyl sites for hydroxylation is 1. The van der Waals surface area contributed by atoms with E-state index in [1.54, 1.807) is 31.3 Å². The summed E-state index contributed by atoms with van der Waals surface area (Å²) in [7, 11) is 2.94. The zero-order valence-electron chi connectivity index (χ0n) is 17.6. The van der Waals surface area contributed by atoms with E-state index in [1.807, 2.05) is 0 Å². The summed E-state index contributed by atoms with van der Waals surface area (Å²) in [5.74, 6) is 0.175. The van der Waals surface area contributed by atoms with Crippen molar-refractivity contribution < 1.29 is 9.53 Å². The van der Waals surface area contributed by atoms with Crippen molar-refractivity contribution in [3.8, 4) is 11.4 Å². The highest BCUT2D eigenvalue weighted by Crippen LogP contribution is 2.27. The maximum absolute atomic E-state index is 12.9. The van der Waals surface area contributed by atoms with Gasteiger partial charge in [-0.25, -0.2) is 14.8 Å². The number of nitrogens with one attached hydrogen (secondary N) is 1. The maximum atomic E-state index is 12.9. The van der Waals surface area contributed by atoms with E-state index in [0.717, 1.165) is 35.8 Å². The Morgan fingerprint density at radius 3 is 2.81 bits per heavy atom. The summed E-state index contributed by atoms with van der Waals surface area (Å²) >= 11 is 7.24. The molecule has 32 heavy (non-hydrogen) atoms. The fourth-order valence-corrected chi connectivity index (χ4v) is 4.54. The molecular formula is C21H22ClN5O4S. The highest BCUT2D eigenvalue weighted by atomic mass is 35.5. The first-order valence-electron chi connectivity index (χ1n) is 10.1. The molecule has 1 fully saturated rings. The van der Waals surface area contributed by atoms with Crippen molar-refractivity contribution in [3.63, 3.8) is 0 Å². The Kier molecular flexibility index (Phi) is 6.63. The molecule has 1 aromatic carbocycles. The van der Waals surface area contributed by atoms with Crippen LogP contribution in [0.15, 0.2) is 38.9 Å². The van der Waals surface area contributed by atoms with Crippen molar-refractivity contribution in [1.29, 1.82) is 0 Å². The van der Waals surface area contributed by atoms with E-state index >= 15 is 0 Å². The van der Waals surface area contributed by atoms with E-state index in [-0.39, 0.29) is 28.8 Å². The van der Waals surface area contributed by atoms with Crippen LogP contribution in [0.25, 0.3) is 22.4 Å². The van der Waals surface area contributed by atoms with Gasteiger partial charge in [0.2, 0.25) is 5.91 Å². The normalized spacial score (nSPS) is 15.9. The molecule has 9 nitrogen and oxygen atoms in total. The molecular weight excluding hydrogens is 454 g/mol. The Balaban J connectivity index is 1.71. The molecule has 1 atom stereocenters. The lowest BCUT2D eigenvalue weighted by molar-refractivity contribution is -0.119. The highest BCUT2D eigenvalue weighted by molar-refractivity contribution is 8.00. The van der Waals surface area contributed by atoms with Gasteiger partial charge in [-0.2, -0.15) is 0 Å². The molecule has 11 heteroatoms. The standard InChI is InChI=1S/C21H22ClN5O4S/c1-26-18-16(20(29)27(2)21(26)30)19(25-17(24-18)12-5-3-6-13(22)9-12)32-11-15(28)23-10-14-7-4-8-31-14/h3,5-6,9,14H,4,7-8,10-11H2,1-2H3,(H,23,28)/t14-/m0/s1. The fraction of sp³-hybridized carbons (Fsp3) is 0.381. The van der Waals surface area contributed by atoms with Crippen LogP contribution in [0.2, 0.25) is 5.02 Å². The molecule has 4 rings (SSSR count). The molecule has 168 valence electrons. The molecule has 2 aromatic heterocycles. The second-order valence-electron chi connectivity index (χ2n) is 7.49. The quantitative estimate of drug-likeness (QED) is 0.427. The zero-order valence-corrected chi connectivity index (χ0v) is 19.2. The summed E-state index contributed by atoms with van der Waals surface area (Å²) < 4.78 is 7.83. The summed E-state index contributed by atoms with van der Waals surface area (Å²) in [6.45, 7) is 1.17. The van der Waals surface area contributed by atoms with Crippen LogP contribution >= 0.6 is 23.4 Å². The van der Waals surface area contributed by atoms with Gasteiger partial charge in [-0.05, 0) is 25.0 Å². The van der Waals surface area contributed by atoms with Crippen molar-refractivity contribution in [2.24, 2.45) is 14.1 Å². The molecule has 3 aromatic rings. The van der Waals surface area contributed by atoms with E-state index in [2.05, 4.69) is 15.3 Å². The lowest BCUT2D eigenvalue weighted by Gasteiger charge is -2.13. The molecule has 1 aliphatic heterocycles. The van der Waals surface area contributed by atoms with Gasteiger partial charge in [-0.15, -0.1) is 0 Å². The van der Waals surface area contributed by atoms with Crippen molar-refractivity contribution in [1.82, 2.24) is 24.4 Å². The molecule has 0 bridgehead atoms.